The van der Waals surface area contributed by atoms with Gasteiger partial charge in [-0.3, -0.25) is 5.10 Å². The van der Waals surface area contributed by atoms with Crippen LogP contribution in [0.3, 0.4) is 0 Å². The molecule has 2 rings (SSSR count). The Morgan fingerprint density at radius 2 is 1.90 bits per heavy atom. The Morgan fingerprint density at radius 1 is 1.19 bits per heavy atom. The van der Waals surface area contributed by atoms with Gasteiger partial charge < -0.3 is 0 Å². The summed E-state index contributed by atoms with van der Waals surface area (Å²) in [4.78, 5) is 1.19. The number of thioether (sulfide) groups is 1. The first-order chi connectivity index (χ1) is 10.0. The molecule has 6 heteroatoms. The fourth-order valence-corrected chi connectivity index (χ4v) is 2.70. The number of aromatic nitrogens is 2. The van der Waals surface area contributed by atoms with Crippen LogP contribution in [0.2, 0.25) is 0 Å². The van der Waals surface area contributed by atoms with Crippen molar-refractivity contribution < 1.29 is 13.2 Å². The van der Waals surface area contributed by atoms with Crippen molar-refractivity contribution in [3.8, 4) is 0 Å². The zero-order valence-corrected chi connectivity index (χ0v) is 12.4. The van der Waals surface area contributed by atoms with Crippen molar-refractivity contribution in [1.29, 1.82) is 0 Å². The number of H-pyrrole nitrogens is 1. The third-order valence-corrected chi connectivity index (χ3v) is 4.22. The summed E-state index contributed by atoms with van der Waals surface area (Å²) in [6.07, 6.45) is -0.0835. The summed E-state index contributed by atoms with van der Waals surface area (Å²) < 4.78 is 38.1. The fraction of sp³-hybridized carbons (Fsp3) is 0.400. The van der Waals surface area contributed by atoms with Crippen LogP contribution in [0.5, 0.6) is 0 Å². The Morgan fingerprint density at radius 3 is 2.52 bits per heavy atom. The second-order valence-corrected chi connectivity index (χ2v) is 5.85. The average Bonchev–Trinajstić information content (AvgIpc) is 2.92. The van der Waals surface area contributed by atoms with Gasteiger partial charge in [0.15, 0.2) is 0 Å². The molecule has 0 atom stereocenters. The lowest BCUT2D eigenvalue weighted by molar-refractivity contribution is -0.141. The van der Waals surface area contributed by atoms with Gasteiger partial charge in [-0.2, -0.15) is 18.3 Å². The molecular weight excluding hydrogens is 297 g/mol. The number of hydrogen-bond donors (Lipinski definition) is 1. The predicted octanol–water partition coefficient (Wildman–Crippen LogP) is 4.52. The maximum absolute atomic E-state index is 12.7. The highest BCUT2D eigenvalue weighted by atomic mass is 32.2. The van der Waals surface area contributed by atoms with E-state index >= 15 is 0 Å². The lowest BCUT2D eigenvalue weighted by Crippen LogP contribution is -2.09. The van der Waals surface area contributed by atoms with Gasteiger partial charge in [-0.25, -0.2) is 0 Å². The second-order valence-electron chi connectivity index (χ2n) is 4.68. The standard InChI is InChI=1S/C15H16F3N2S/c1-2-9-21-13-7-4-11(5-8-13)3-6-12-10-19-20-14(12)15(16,17)18/h4-5,7-8H,2-3,6,9H2,1H3,(H,19,20). The molecule has 1 N–H and O–H groups in total. The molecule has 0 aliphatic rings. The van der Waals surface area contributed by atoms with Crippen molar-refractivity contribution in [3.63, 3.8) is 0 Å². The number of rotatable bonds is 6. The molecule has 1 aromatic heterocycles. The van der Waals surface area contributed by atoms with E-state index in [1.54, 1.807) is 11.8 Å². The first-order valence-electron chi connectivity index (χ1n) is 6.74. The molecule has 1 aromatic carbocycles. The number of benzene rings is 1. The number of halogens is 3. The smallest absolute Gasteiger partial charge is 0.273 e. The zero-order valence-electron chi connectivity index (χ0n) is 11.6. The summed E-state index contributed by atoms with van der Waals surface area (Å²) in [5, 5.41) is 5.36. The second kappa shape index (κ2) is 7.02. The number of aromatic amines is 1. The minimum absolute atomic E-state index is 0.0898. The van der Waals surface area contributed by atoms with E-state index in [4.69, 9.17) is 0 Å². The summed E-state index contributed by atoms with van der Waals surface area (Å²) in [6, 6.07) is 7.95. The molecule has 0 bridgehead atoms. The molecule has 0 aliphatic heterocycles. The lowest BCUT2D eigenvalue weighted by Gasteiger charge is -2.07. The Labute approximate surface area is 126 Å². The molecule has 113 valence electrons. The lowest BCUT2D eigenvalue weighted by atomic mass is 10.0. The number of nitrogens with one attached hydrogen (secondary N) is 1. The molecule has 0 amide bonds. The molecule has 0 fully saturated rings. The SMILES string of the molecule is CCCSc1ccc(CCc2[c]n[nH]c2C(F)(F)F)cc1. The first-order valence-corrected chi connectivity index (χ1v) is 7.73. The molecule has 0 aliphatic carbocycles. The van der Waals surface area contributed by atoms with Crippen molar-refractivity contribution in [3.05, 3.63) is 47.3 Å². The van der Waals surface area contributed by atoms with Crippen LogP contribution in [0.25, 0.3) is 0 Å². The van der Waals surface area contributed by atoms with Crippen molar-refractivity contribution >= 4 is 11.8 Å². The first kappa shape index (κ1) is 15.9. The van der Waals surface area contributed by atoms with Gasteiger partial charge >= 0.3 is 6.18 Å². The Kier molecular flexibility index (Phi) is 5.33. The van der Waals surface area contributed by atoms with E-state index in [1.807, 2.05) is 29.4 Å². The molecule has 0 saturated heterocycles. The number of hydrogen-bond acceptors (Lipinski definition) is 2. The minimum atomic E-state index is -4.40. The van der Waals surface area contributed by atoms with Crippen LogP contribution in [0.1, 0.15) is 30.2 Å². The molecule has 0 saturated carbocycles. The van der Waals surface area contributed by atoms with Crippen LogP contribution in [0.15, 0.2) is 29.2 Å². The van der Waals surface area contributed by atoms with Gasteiger partial charge in [0.25, 0.3) is 0 Å². The molecular formula is C15H16F3N2S. The molecule has 0 spiro atoms. The van der Waals surface area contributed by atoms with Gasteiger partial charge in [-0.15, -0.1) is 11.8 Å². The van der Waals surface area contributed by atoms with E-state index in [1.165, 1.54) is 4.90 Å². The predicted molar refractivity (Wildman–Crippen MR) is 77.3 cm³/mol. The molecule has 0 unspecified atom stereocenters. The van der Waals surface area contributed by atoms with Crippen LogP contribution in [0.4, 0.5) is 13.2 Å². The maximum atomic E-state index is 12.7. The van der Waals surface area contributed by atoms with E-state index in [-0.39, 0.29) is 12.0 Å². The number of alkyl halides is 3. The molecule has 1 heterocycles. The number of nitrogens with zero attached hydrogens (tertiary/aromatic N) is 1. The van der Waals surface area contributed by atoms with Crippen molar-refractivity contribution in [2.45, 2.75) is 37.3 Å². The third-order valence-electron chi connectivity index (χ3n) is 3.00. The molecule has 2 nitrogen and oxygen atoms in total. The van der Waals surface area contributed by atoms with Gasteiger partial charge in [0.2, 0.25) is 0 Å². The van der Waals surface area contributed by atoms with Gasteiger partial charge in [0, 0.05) is 10.5 Å². The largest absolute Gasteiger partial charge is 0.433 e. The average molecular weight is 313 g/mol. The van der Waals surface area contributed by atoms with Crippen LogP contribution in [-0.4, -0.2) is 16.0 Å². The summed E-state index contributed by atoms with van der Waals surface area (Å²) in [7, 11) is 0. The summed E-state index contributed by atoms with van der Waals surface area (Å²) in [5.41, 5.74) is 0.308. The third kappa shape index (κ3) is 4.52. The zero-order chi connectivity index (χ0) is 15.3. The van der Waals surface area contributed by atoms with E-state index in [0.29, 0.717) is 6.42 Å². The normalized spacial score (nSPS) is 11.8. The van der Waals surface area contributed by atoms with Gasteiger partial charge in [0.1, 0.15) is 11.9 Å². The van der Waals surface area contributed by atoms with Crippen molar-refractivity contribution in [1.82, 2.24) is 10.2 Å². The van der Waals surface area contributed by atoms with Crippen LogP contribution in [-0.2, 0) is 19.0 Å². The van der Waals surface area contributed by atoms with Crippen molar-refractivity contribution in [2.75, 3.05) is 5.75 Å². The molecule has 1 radical (unpaired) electrons. The van der Waals surface area contributed by atoms with E-state index in [2.05, 4.69) is 18.2 Å². The highest BCUT2D eigenvalue weighted by Gasteiger charge is 2.35. The van der Waals surface area contributed by atoms with Crippen molar-refractivity contribution in [2.24, 2.45) is 0 Å². The van der Waals surface area contributed by atoms with E-state index < -0.39 is 11.9 Å². The highest BCUT2D eigenvalue weighted by molar-refractivity contribution is 7.99. The monoisotopic (exact) mass is 313 g/mol. The summed E-state index contributed by atoms with van der Waals surface area (Å²) >= 11 is 1.78. The fourth-order valence-electron chi connectivity index (χ4n) is 1.93. The van der Waals surface area contributed by atoms with Crippen LogP contribution < -0.4 is 0 Å². The quantitative estimate of drug-likeness (QED) is 0.795. The van der Waals surface area contributed by atoms with E-state index in [9.17, 15) is 13.2 Å². The Hall–Kier alpha value is -1.43. The van der Waals surface area contributed by atoms with Gasteiger partial charge in [-0.05, 0) is 42.7 Å². The minimum Gasteiger partial charge on any atom is -0.273 e. The maximum Gasteiger partial charge on any atom is 0.433 e. The van der Waals surface area contributed by atoms with Crippen LogP contribution in [0, 0.1) is 6.20 Å². The molecule has 21 heavy (non-hydrogen) atoms. The van der Waals surface area contributed by atoms with E-state index in [0.717, 1.165) is 17.7 Å². The van der Waals surface area contributed by atoms with Crippen LogP contribution >= 0.6 is 11.8 Å². The molecule has 2 aromatic rings. The van der Waals surface area contributed by atoms with Gasteiger partial charge in [0.05, 0.1) is 0 Å². The van der Waals surface area contributed by atoms with Gasteiger partial charge in [-0.1, -0.05) is 19.1 Å². The Balaban J connectivity index is 1.96. The number of aryl methyl sites for hydroxylation is 2. The highest BCUT2D eigenvalue weighted by Crippen LogP contribution is 2.30. The summed E-state index contributed by atoms with van der Waals surface area (Å²) in [5.74, 6) is 1.07. The Bertz CT molecular complexity index is 561. The topological polar surface area (TPSA) is 28.7 Å². The summed E-state index contributed by atoms with van der Waals surface area (Å²) in [6.45, 7) is 2.13.